The molecule has 0 aliphatic rings. The second-order valence-corrected chi connectivity index (χ2v) is 2.89. The molecule has 0 bridgehead atoms. The molecule has 0 aliphatic heterocycles. The average Bonchev–Trinajstić information content (AvgIpc) is 1.60. The molecule has 0 spiro atoms. The highest BCUT2D eigenvalue weighted by molar-refractivity contribution is 6.32. The van der Waals surface area contributed by atoms with Crippen LogP contribution in [0.3, 0.4) is 0 Å². The lowest BCUT2D eigenvalue weighted by Crippen LogP contribution is -2.36. The first-order valence-electron chi connectivity index (χ1n) is 2.88. The van der Waals surface area contributed by atoms with Gasteiger partial charge in [0.25, 0.3) is 0 Å². The van der Waals surface area contributed by atoms with Crippen LogP contribution in [0.5, 0.6) is 0 Å². The van der Waals surface area contributed by atoms with Gasteiger partial charge < -0.3 is 10.8 Å². The molecule has 0 amide bonds. The Morgan fingerprint density at radius 2 is 1.90 bits per heavy atom. The highest BCUT2D eigenvalue weighted by atomic mass is 16.4. The molecule has 4 nitrogen and oxygen atoms in total. The van der Waals surface area contributed by atoms with Crippen LogP contribution < -0.4 is 5.73 Å². The van der Waals surface area contributed by atoms with E-state index >= 15 is 0 Å². The monoisotopic (exact) mass is 145 g/mol. The molecule has 0 fully saturated rings. The fraction of sp³-hybridized carbons (Fsp3) is 0.667. The number of carbonyl (C=O) groups is 2. The van der Waals surface area contributed by atoms with E-state index < -0.39 is 17.3 Å². The molecule has 0 atom stereocenters. The molecule has 0 aromatic carbocycles. The summed E-state index contributed by atoms with van der Waals surface area (Å²) in [6.07, 6.45) is -0.123. The Kier molecular flexibility index (Phi) is 2.54. The van der Waals surface area contributed by atoms with Crippen LogP contribution in [0.15, 0.2) is 0 Å². The Balaban J connectivity index is 3.93. The number of hydrogen-bond acceptors (Lipinski definition) is 3. The summed E-state index contributed by atoms with van der Waals surface area (Å²) in [5.41, 5.74) is 4.66. The van der Waals surface area contributed by atoms with Crippen molar-refractivity contribution in [1.29, 1.82) is 0 Å². The third-order valence-corrected chi connectivity index (χ3v) is 0.855. The van der Waals surface area contributed by atoms with Crippen molar-refractivity contribution >= 4 is 11.8 Å². The third kappa shape index (κ3) is 4.03. The highest BCUT2D eigenvalue weighted by Crippen LogP contribution is 2.03. The zero-order chi connectivity index (χ0) is 8.36. The van der Waals surface area contributed by atoms with Gasteiger partial charge in [0.05, 0.1) is 0 Å². The van der Waals surface area contributed by atoms with Gasteiger partial charge in [-0.3, -0.25) is 4.79 Å². The number of carboxylic acids is 1. The van der Waals surface area contributed by atoms with Crippen molar-refractivity contribution in [3.63, 3.8) is 0 Å². The lowest BCUT2D eigenvalue weighted by Gasteiger charge is -2.14. The Morgan fingerprint density at radius 1 is 1.50 bits per heavy atom. The summed E-state index contributed by atoms with van der Waals surface area (Å²) in [6, 6.07) is 0. The van der Waals surface area contributed by atoms with Crippen LogP contribution in [0.25, 0.3) is 0 Å². The number of ketones is 1. The van der Waals surface area contributed by atoms with E-state index in [-0.39, 0.29) is 6.42 Å². The standard InChI is InChI=1S/C6H11NO3/c1-6(2,7)3-4(8)5(9)10/h3,7H2,1-2H3,(H,9,10). The fourth-order valence-corrected chi connectivity index (χ4v) is 0.489. The number of aliphatic carboxylic acids is 1. The van der Waals surface area contributed by atoms with E-state index in [2.05, 4.69) is 0 Å². The third-order valence-electron chi connectivity index (χ3n) is 0.855. The van der Waals surface area contributed by atoms with E-state index in [1.165, 1.54) is 0 Å². The second kappa shape index (κ2) is 2.79. The Morgan fingerprint density at radius 3 is 2.00 bits per heavy atom. The second-order valence-electron chi connectivity index (χ2n) is 2.89. The van der Waals surface area contributed by atoms with Crippen LogP contribution >= 0.6 is 0 Å². The van der Waals surface area contributed by atoms with Gasteiger partial charge in [0.1, 0.15) is 0 Å². The molecule has 0 aliphatic carbocycles. The summed E-state index contributed by atoms with van der Waals surface area (Å²) in [6.45, 7) is 3.21. The van der Waals surface area contributed by atoms with E-state index in [1.807, 2.05) is 0 Å². The molecule has 0 unspecified atom stereocenters. The first kappa shape index (κ1) is 9.10. The van der Waals surface area contributed by atoms with Gasteiger partial charge in [-0.2, -0.15) is 0 Å². The molecule has 3 N–H and O–H groups in total. The smallest absolute Gasteiger partial charge is 0.372 e. The summed E-state index contributed by atoms with van der Waals surface area (Å²) in [5.74, 6) is -2.26. The average molecular weight is 145 g/mol. The maximum Gasteiger partial charge on any atom is 0.372 e. The molecule has 4 heteroatoms. The van der Waals surface area contributed by atoms with E-state index in [0.29, 0.717) is 0 Å². The van der Waals surface area contributed by atoms with Crippen molar-refractivity contribution < 1.29 is 14.7 Å². The zero-order valence-corrected chi connectivity index (χ0v) is 6.05. The van der Waals surface area contributed by atoms with Crippen molar-refractivity contribution in [1.82, 2.24) is 0 Å². The van der Waals surface area contributed by atoms with Gasteiger partial charge in [-0.25, -0.2) is 4.79 Å². The quantitative estimate of drug-likeness (QED) is 0.537. The summed E-state index contributed by atoms with van der Waals surface area (Å²) in [7, 11) is 0. The van der Waals surface area contributed by atoms with Gasteiger partial charge in [0, 0.05) is 12.0 Å². The van der Waals surface area contributed by atoms with Crippen molar-refractivity contribution in [3.05, 3.63) is 0 Å². The van der Waals surface area contributed by atoms with Crippen LogP contribution in [-0.2, 0) is 9.59 Å². The minimum Gasteiger partial charge on any atom is -0.476 e. The van der Waals surface area contributed by atoms with Crippen LogP contribution in [-0.4, -0.2) is 22.4 Å². The van der Waals surface area contributed by atoms with E-state index in [0.717, 1.165) is 0 Å². The van der Waals surface area contributed by atoms with E-state index in [9.17, 15) is 9.59 Å². The molecule has 10 heavy (non-hydrogen) atoms. The Bertz CT molecular complexity index is 157. The molecular formula is C6H11NO3. The van der Waals surface area contributed by atoms with Crippen molar-refractivity contribution in [2.24, 2.45) is 5.73 Å². The highest BCUT2D eigenvalue weighted by Gasteiger charge is 2.20. The molecule has 0 aromatic heterocycles. The number of Topliss-reactive ketones (excluding diaryl/α,β-unsaturated/α-hetero) is 1. The van der Waals surface area contributed by atoms with Gasteiger partial charge in [0.2, 0.25) is 5.78 Å². The molecule has 0 saturated carbocycles. The van der Waals surface area contributed by atoms with Crippen LogP contribution in [0.1, 0.15) is 20.3 Å². The van der Waals surface area contributed by atoms with Gasteiger partial charge in [-0.15, -0.1) is 0 Å². The normalized spacial score (nSPS) is 11.1. The molecule has 0 saturated heterocycles. The summed E-state index contributed by atoms with van der Waals surface area (Å²) >= 11 is 0. The van der Waals surface area contributed by atoms with Crippen LogP contribution in [0.2, 0.25) is 0 Å². The molecule has 0 rings (SSSR count). The van der Waals surface area contributed by atoms with Crippen LogP contribution in [0.4, 0.5) is 0 Å². The number of nitrogens with two attached hydrogens (primary N) is 1. The van der Waals surface area contributed by atoms with Crippen molar-refractivity contribution in [3.8, 4) is 0 Å². The number of hydrogen-bond donors (Lipinski definition) is 2. The van der Waals surface area contributed by atoms with Gasteiger partial charge in [-0.1, -0.05) is 0 Å². The SMILES string of the molecule is CC(C)(N)CC(=O)C(=O)O. The molecule has 0 radical (unpaired) electrons. The maximum absolute atomic E-state index is 10.5. The first-order valence-corrected chi connectivity index (χ1v) is 2.88. The zero-order valence-electron chi connectivity index (χ0n) is 6.05. The Labute approximate surface area is 59.0 Å². The van der Waals surface area contributed by atoms with E-state index in [1.54, 1.807) is 13.8 Å². The number of carbonyl (C=O) groups excluding carboxylic acids is 1. The van der Waals surface area contributed by atoms with Crippen LogP contribution in [0, 0.1) is 0 Å². The van der Waals surface area contributed by atoms with Crippen molar-refractivity contribution in [2.75, 3.05) is 0 Å². The van der Waals surface area contributed by atoms with Gasteiger partial charge in [-0.05, 0) is 13.8 Å². The Hall–Kier alpha value is -0.900. The number of carboxylic acid groups (broad SMARTS) is 1. The first-order chi connectivity index (χ1) is 4.33. The fourth-order valence-electron chi connectivity index (χ4n) is 0.489. The topological polar surface area (TPSA) is 80.4 Å². The largest absolute Gasteiger partial charge is 0.476 e. The lowest BCUT2D eigenvalue weighted by molar-refractivity contribution is -0.149. The summed E-state index contributed by atoms with van der Waals surface area (Å²) in [5, 5.41) is 8.14. The minimum atomic E-state index is -1.42. The minimum absolute atomic E-state index is 0.123. The maximum atomic E-state index is 10.5. The lowest BCUT2D eigenvalue weighted by atomic mass is 9.99. The number of rotatable bonds is 3. The predicted molar refractivity (Wildman–Crippen MR) is 35.5 cm³/mol. The molecular weight excluding hydrogens is 134 g/mol. The molecule has 0 heterocycles. The molecule has 58 valence electrons. The molecule has 0 aromatic rings. The summed E-state index contributed by atoms with van der Waals surface area (Å²) in [4.78, 5) is 20.5. The van der Waals surface area contributed by atoms with Crippen molar-refractivity contribution in [2.45, 2.75) is 25.8 Å². The van der Waals surface area contributed by atoms with Gasteiger partial charge in [0.15, 0.2) is 0 Å². The predicted octanol–water partition coefficient (Wildman–Crippen LogP) is -0.233. The van der Waals surface area contributed by atoms with Gasteiger partial charge >= 0.3 is 5.97 Å². The summed E-state index contributed by atoms with van der Waals surface area (Å²) < 4.78 is 0. The van der Waals surface area contributed by atoms with E-state index in [4.69, 9.17) is 10.8 Å².